The van der Waals surface area contributed by atoms with E-state index in [2.05, 4.69) is 18.5 Å². The van der Waals surface area contributed by atoms with Crippen LogP contribution in [0.2, 0.25) is 0 Å². The molecule has 1 N–H and O–H groups in total. The molecule has 0 rings (SSSR count). The molecule has 1 unspecified atom stereocenters. The van der Waals surface area contributed by atoms with Crippen molar-refractivity contribution in [2.45, 2.75) is 25.0 Å². The van der Waals surface area contributed by atoms with E-state index in [1.54, 1.807) is 7.11 Å². The zero-order valence-corrected chi connectivity index (χ0v) is 9.25. The normalized spacial score (nSPS) is 13.2. The quantitative estimate of drug-likeness (QED) is 0.591. The molecule has 1 atom stereocenters. The number of unbranched alkanes of at least 4 members (excludes halogenated alkanes) is 1. The van der Waals surface area contributed by atoms with Crippen LogP contribution in [0.25, 0.3) is 0 Å². The third-order valence-corrected chi connectivity index (χ3v) is 2.76. The summed E-state index contributed by atoms with van der Waals surface area (Å²) in [4.78, 5) is 0. The van der Waals surface area contributed by atoms with Crippen LogP contribution in [0.4, 0.5) is 0 Å². The van der Waals surface area contributed by atoms with Gasteiger partial charge in [0.15, 0.2) is 0 Å². The van der Waals surface area contributed by atoms with Crippen LogP contribution in [0.1, 0.15) is 19.8 Å². The van der Waals surface area contributed by atoms with Crippen molar-refractivity contribution in [1.29, 1.82) is 0 Å². The number of thioether (sulfide) groups is 1. The van der Waals surface area contributed by atoms with Crippen molar-refractivity contribution in [2.75, 3.05) is 33.1 Å². The fraction of sp³-hybridized carbons (Fsp3) is 1.00. The first-order valence-electron chi connectivity index (χ1n) is 4.53. The van der Waals surface area contributed by atoms with Gasteiger partial charge in [0.25, 0.3) is 0 Å². The highest BCUT2D eigenvalue weighted by Crippen LogP contribution is 2.02. The first-order valence-corrected chi connectivity index (χ1v) is 5.82. The highest BCUT2D eigenvalue weighted by atomic mass is 32.2. The van der Waals surface area contributed by atoms with Gasteiger partial charge in [-0.25, -0.2) is 0 Å². The number of hydrogen-bond acceptors (Lipinski definition) is 3. The molecule has 2 nitrogen and oxygen atoms in total. The van der Waals surface area contributed by atoms with Crippen molar-refractivity contribution in [1.82, 2.24) is 5.32 Å². The van der Waals surface area contributed by atoms with Gasteiger partial charge in [-0.2, -0.15) is 11.8 Å². The van der Waals surface area contributed by atoms with Crippen molar-refractivity contribution in [3.63, 3.8) is 0 Å². The van der Waals surface area contributed by atoms with Gasteiger partial charge in [-0.3, -0.25) is 0 Å². The zero-order valence-electron chi connectivity index (χ0n) is 8.43. The molecule has 74 valence electrons. The summed E-state index contributed by atoms with van der Waals surface area (Å²) in [7, 11) is 1.75. The molecule has 0 saturated heterocycles. The molecule has 0 aromatic carbocycles. The standard InChI is InChI=1S/C9H21NOS/c1-9(12-3)8-10-6-4-5-7-11-2/h9-10H,4-8H2,1-3H3. The summed E-state index contributed by atoms with van der Waals surface area (Å²) in [6, 6.07) is 0. The number of rotatable bonds is 8. The molecular formula is C9H21NOS. The topological polar surface area (TPSA) is 21.3 Å². The predicted octanol–water partition coefficient (Wildman–Crippen LogP) is 1.75. The SMILES string of the molecule is COCCCCNCC(C)SC. The maximum atomic E-state index is 4.96. The minimum absolute atomic E-state index is 0.729. The van der Waals surface area contributed by atoms with Gasteiger partial charge in [-0.1, -0.05) is 6.92 Å². The molecule has 3 heteroatoms. The zero-order chi connectivity index (χ0) is 9.23. The summed E-state index contributed by atoms with van der Waals surface area (Å²) in [5.74, 6) is 0. The molecule has 0 fully saturated rings. The maximum Gasteiger partial charge on any atom is 0.0462 e. The molecule has 0 bridgehead atoms. The fourth-order valence-electron chi connectivity index (χ4n) is 0.885. The smallest absolute Gasteiger partial charge is 0.0462 e. The van der Waals surface area contributed by atoms with Crippen LogP contribution >= 0.6 is 11.8 Å². The van der Waals surface area contributed by atoms with E-state index < -0.39 is 0 Å². The monoisotopic (exact) mass is 191 g/mol. The summed E-state index contributed by atoms with van der Waals surface area (Å²) in [5, 5.41) is 4.15. The van der Waals surface area contributed by atoms with Crippen LogP contribution in [0.3, 0.4) is 0 Å². The van der Waals surface area contributed by atoms with E-state index in [0.29, 0.717) is 0 Å². The van der Waals surface area contributed by atoms with Gasteiger partial charge in [-0.15, -0.1) is 0 Å². The van der Waals surface area contributed by atoms with E-state index in [4.69, 9.17) is 4.74 Å². The van der Waals surface area contributed by atoms with Gasteiger partial charge in [0.05, 0.1) is 0 Å². The van der Waals surface area contributed by atoms with Gasteiger partial charge in [0.2, 0.25) is 0 Å². The number of hydrogen-bond donors (Lipinski definition) is 1. The van der Waals surface area contributed by atoms with E-state index in [-0.39, 0.29) is 0 Å². The van der Waals surface area contributed by atoms with Crippen LogP contribution in [0.5, 0.6) is 0 Å². The second kappa shape index (κ2) is 9.36. The molecule has 0 heterocycles. The van der Waals surface area contributed by atoms with E-state index in [1.807, 2.05) is 11.8 Å². The number of ether oxygens (including phenoxy) is 1. The Bertz CT molecular complexity index is 90.6. The lowest BCUT2D eigenvalue weighted by atomic mass is 10.3. The number of nitrogens with one attached hydrogen (secondary N) is 1. The average molecular weight is 191 g/mol. The Hall–Kier alpha value is 0.270. The Morgan fingerprint density at radius 1 is 1.42 bits per heavy atom. The Kier molecular flexibility index (Phi) is 9.57. The van der Waals surface area contributed by atoms with Gasteiger partial charge in [0.1, 0.15) is 0 Å². The molecule has 0 aliphatic rings. The van der Waals surface area contributed by atoms with Crippen LogP contribution in [-0.4, -0.2) is 38.3 Å². The summed E-state index contributed by atoms with van der Waals surface area (Å²) in [5.41, 5.74) is 0. The predicted molar refractivity (Wildman–Crippen MR) is 57.0 cm³/mol. The van der Waals surface area contributed by atoms with Crippen molar-refractivity contribution >= 4 is 11.8 Å². The van der Waals surface area contributed by atoms with Gasteiger partial charge < -0.3 is 10.1 Å². The van der Waals surface area contributed by atoms with Gasteiger partial charge >= 0.3 is 0 Å². The Morgan fingerprint density at radius 2 is 2.17 bits per heavy atom. The van der Waals surface area contributed by atoms with Gasteiger partial charge in [0, 0.05) is 25.5 Å². The van der Waals surface area contributed by atoms with Gasteiger partial charge in [-0.05, 0) is 25.6 Å². The van der Waals surface area contributed by atoms with Crippen molar-refractivity contribution in [3.05, 3.63) is 0 Å². The third kappa shape index (κ3) is 8.37. The Labute approximate surface area is 80.4 Å². The van der Waals surface area contributed by atoms with Crippen molar-refractivity contribution in [2.24, 2.45) is 0 Å². The molecule has 0 saturated carbocycles. The Balaban J connectivity index is 2.90. The number of methoxy groups -OCH3 is 1. The molecule has 0 amide bonds. The van der Waals surface area contributed by atoms with E-state index in [0.717, 1.165) is 31.4 Å². The second-order valence-electron chi connectivity index (χ2n) is 2.95. The highest BCUT2D eigenvalue weighted by Gasteiger charge is 1.96. The molecule has 0 spiro atoms. The summed E-state index contributed by atoms with van der Waals surface area (Å²) in [6.45, 7) is 5.37. The van der Waals surface area contributed by atoms with E-state index in [1.165, 1.54) is 6.42 Å². The lowest BCUT2D eigenvalue weighted by Gasteiger charge is -2.08. The summed E-state index contributed by atoms with van der Waals surface area (Å²) < 4.78 is 4.96. The third-order valence-electron chi connectivity index (χ3n) is 1.79. The van der Waals surface area contributed by atoms with Crippen LogP contribution < -0.4 is 5.32 Å². The van der Waals surface area contributed by atoms with Crippen LogP contribution in [-0.2, 0) is 4.74 Å². The first kappa shape index (κ1) is 12.3. The molecule has 0 aliphatic heterocycles. The highest BCUT2D eigenvalue weighted by molar-refractivity contribution is 7.99. The Morgan fingerprint density at radius 3 is 2.75 bits per heavy atom. The second-order valence-corrected chi connectivity index (χ2v) is 4.23. The lowest BCUT2D eigenvalue weighted by Crippen LogP contribution is -2.23. The summed E-state index contributed by atoms with van der Waals surface area (Å²) >= 11 is 1.91. The summed E-state index contributed by atoms with van der Waals surface area (Å²) in [6.07, 6.45) is 4.53. The fourth-order valence-corrected chi connectivity index (χ4v) is 1.17. The van der Waals surface area contributed by atoms with Crippen LogP contribution in [0, 0.1) is 0 Å². The van der Waals surface area contributed by atoms with Crippen molar-refractivity contribution < 1.29 is 4.74 Å². The van der Waals surface area contributed by atoms with Crippen molar-refractivity contribution in [3.8, 4) is 0 Å². The molecule has 0 aromatic rings. The minimum Gasteiger partial charge on any atom is -0.385 e. The van der Waals surface area contributed by atoms with E-state index >= 15 is 0 Å². The largest absolute Gasteiger partial charge is 0.385 e. The average Bonchev–Trinajstić information content (AvgIpc) is 2.10. The van der Waals surface area contributed by atoms with Crippen LogP contribution in [0.15, 0.2) is 0 Å². The lowest BCUT2D eigenvalue weighted by molar-refractivity contribution is 0.192. The first-order chi connectivity index (χ1) is 5.81. The molecular weight excluding hydrogens is 170 g/mol. The maximum absolute atomic E-state index is 4.96. The molecule has 0 aromatic heterocycles. The molecule has 0 radical (unpaired) electrons. The molecule has 0 aliphatic carbocycles. The van der Waals surface area contributed by atoms with E-state index in [9.17, 15) is 0 Å². The molecule has 12 heavy (non-hydrogen) atoms. The minimum atomic E-state index is 0.729.